The third-order valence-corrected chi connectivity index (χ3v) is 5.83. The van der Waals surface area contributed by atoms with Crippen LogP contribution in [-0.2, 0) is 17.1 Å². The number of likely N-dealkylation sites (tertiary alicyclic amines) is 1. The Kier molecular flexibility index (Phi) is 4.42. The number of piperidine rings is 1. The van der Waals surface area contributed by atoms with Crippen LogP contribution in [-0.4, -0.2) is 47.1 Å². The van der Waals surface area contributed by atoms with Gasteiger partial charge in [-0.3, -0.25) is 4.79 Å². The zero-order chi connectivity index (χ0) is 17.3. The molecule has 2 heterocycles. The number of nitrogens with two attached hydrogens (primary N) is 1. The largest absolute Gasteiger partial charge is 0.337 e. The number of imidazole rings is 1. The number of hydrogen-bond donors (Lipinski definition) is 1. The molecule has 0 spiro atoms. The smallest absolute Gasteiger partial charge is 0.272 e. The summed E-state index contributed by atoms with van der Waals surface area (Å²) < 4.78 is 24.6. The van der Waals surface area contributed by atoms with Crippen LogP contribution in [0.2, 0.25) is 0 Å². The third-order valence-electron chi connectivity index (χ3n) is 4.43. The van der Waals surface area contributed by atoms with Gasteiger partial charge in [0.15, 0.2) is 0 Å². The Labute approximate surface area is 141 Å². The van der Waals surface area contributed by atoms with Crippen LogP contribution in [0.3, 0.4) is 0 Å². The second kappa shape index (κ2) is 6.37. The maximum Gasteiger partial charge on any atom is 0.272 e. The molecule has 1 aromatic carbocycles. The van der Waals surface area contributed by atoms with Crippen molar-refractivity contribution < 1.29 is 13.2 Å². The molecule has 1 saturated heterocycles. The van der Waals surface area contributed by atoms with E-state index in [0.717, 1.165) is 11.4 Å². The second-order valence-electron chi connectivity index (χ2n) is 5.97. The van der Waals surface area contributed by atoms with Crippen molar-refractivity contribution in [3.8, 4) is 11.4 Å². The highest BCUT2D eigenvalue weighted by molar-refractivity contribution is 7.89. The van der Waals surface area contributed by atoms with Gasteiger partial charge in [0.1, 0.15) is 11.5 Å². The zero-order valence-corrected chi connectivity index (χ0v) is 14.2. The van der Waals surface area contributed by atoms with Gasteiger partial charge in [0.05, 0.1) is 11.4 Å². The van der Waals surface area contributed by atoms with Crippen LogP contribution >= 0.6 is 0 Å². The Bertz CT molecular complexity index is 837. The molecule has 8 heteroatoms. The van der Waals surface area contributed by atoms with Crippen LogP contribution in [0.25, 0.3) is 11.4 Å². The average Bonchev–Trinajstić information content (AvgIpc) is 2.96. The standard InChI is InChI=1S/C16H20N4O3S/c1-19-14(11-18-15(19)12-5-3-2-4-6-12)16(21)20-9-7-13(8-10-20)24(17,22)23/h2-6,11,13H,7-10H2,1H3,(H2,17,22,23). The molecule has 0 atom stereocenters. The van der Waals surface area contributed by atoms with E-state index < -0.39 is 15.3 Å². The van der Waals surface area contributed by atoms with Crippen LogP contribution < -0.4 is 5.14 Å². The topological polar surface area (TPSA) is 98.3 Å². The molecule has 128 valence electrons. The minimum Gasteiger partial charge on any atom is -0.337 e. The van der Waals surface area contributed by atoms with E-state index >= 15 is 0 Å². The van der Waals surface area contributed by atoms with Gasteiger partial charge >= 0.3 is 0 Å². The number of aromatic nitrogens is 2. The summed E-state index contributed by atoms with van der Waals surface area (Å²) in [5, 5.41) is 4.63. The number of benzene rings is 1. The van der Waals surface area contributed by atoms with E-state index in [1.54, 1.807) is 22.7 Å². The van der Waals surface area contributed by atoms with Crippen molar-refractivity contribution >= 4 is 15.9 Å². The van der Waals surface area contributed by atoms with Crippen LogP contribution in [0.5, 0.6) is 0 Å². The van der Waals surface area contributed by atoms with Crippen molar-refractivity contribution in [1.82, 2.24) is 14.5 Å². The predicted octanol–water partition coefficient (Wildman–Crippen LogP) is 0.980. The first-order valence-corrected chi connectivity index (χ1v) is 9.37. The highest BCUT2D eigenvalue weighted by atomic mass is 32.2. The molecular weight excluding hydrogens is 328 g/mol. The number of nitrogens with zero attached hydrogens (tertiary/aromatic N) is 3. The first-order chi connectivity index (χ1) is 11.4. The molecule has 1 fully saturated rings. The van der Waals surface area contributed by atoms with E-state index in [2.05, 4.69) is 4.98 Å². The summed E-state index contributed by atoms with van der Waals surface area (Å²) in [4.78, 5) is 18.7. The van der Waals surface area contributed by atoms with Crippen molar-refractivity contribution in [2.24, 2.45) is 12.2 Å². The summed E-state index contributed by atoms with van der Waals surface area (Å²) in [6, 6.07) is 9.64. The van der Waals surface area contributed by atoms with Crippen molar-refractivity contribution in [2.75, 3.05) is 13.1 Å². The maximum absolute atomic E-state index is 12.7. The molecule has 7 nitrogen and oxygen atoms in total. The summed E-state index contributed by atoms with van der Waals surface area (Å²) in [5.41, 5.74) is 1.43. The summed E-state index contributed by atoms with van der Waals surface area (Å²) in [7, 11) is -1.73. The Morgan fingerprint density at radius 3 is 2.42 bits per heavy atom. The molecule has 1 aliphatic rings. The summed E-state index contributed by atoms with van der Waals surface area (Å²) in [5.74, 6) is 0.582. The SMILES string of the molecule is Cn1c(C(=O)N2CCC(S(N)(=O)=O)CC2)cnc1-c1ccccc1. The average molecular weight is 348 g/mol. The van der Waals surface area contributed by atoms with Gasteiger partial charge in [0, 0.05) is 25.7 Å². The number of carbonyl (C=O) groups is 1. The Hall–Kier alpha value is -2.19. The summed E-state index contributed by atoms with van der Waals surface area (Å²) >= 11 is 0. The number of rotatable bonds is 3. The predicted molar refractivity (Wildman–Crippen MR) is 90.7 cm³/mol. The normalized spacial score (nSPS) is 16.3. The molecule has 0 radical (unpaired) electrons. The number of sulfonamides is 1. The number of amides is 1. The van der Waals surface area contributed by atoms with E-state index in [-0.39, 0.29) is 5.91 Å². The number of carbonyl (C=O) groups excluding carboxylic acids is 1. The minimum absolute atomic E-state index is 0.139. The molecule has 1 aromatic heterocycles. The monoisotopic (exact) mass is 348 g/mol. The van der Waals surface area contributed by atoms with Crippen molar-refractivity contribution in [3.05, 3.63) is 42.2 Å². The van der Waals surface area contributed by atoms with Crippen LogP contribution in [0.4, 0.5) is 0 Å². The highest BCUT2D eigenvalue weighted by Crippen LogP contribution is 2.21. The van der Waals surface area contributed by atoms with E-state index in [4.69, 9.17) is 5.14 Å². The summed E-state index contributed by atoms with van der Waals surface area (Å²) in [6.45, 7) is 0.761. The molecule has 0 bridgehead atoms. The van der Waals surface area contributed by atoms with E-state index in [9.17, 15) is 13.2 Å². The third kappa shape index (κ3) is 3.20. The van der Waals surface area contributed by atoms with Crippen molar-refractivity contribution in [1.29, 1.82) is 0 Å². The number of primary sulfonamides is 1. The lowest BCUT2D eigenvalue weighted by molar-refractivity contribution is 0.0716. The lowest BCUT2D eigenvalue weighted by Crippen LogP contribution is -2.44. The quantitative estimate of drug-likeness (QED) is 0.894. The first-order valence-electron chi connectivity index (χ1n) is 7.76. The molecule has 24 heavy (non-hydrogen) atoms. The lowest BCUT2D eigenvalue weighted by atomic mass is 10.1. The van der Waals surface area contributed by atoms with E-state index in [0.29, 0.717) is 31.6 Å². The fourth-order valence-corrected chi connectivity index (χ4v) is 3.88. The van der Waals surface area contributed by atoms with E-state index in [1.807, 2.05) is 30.3 Å². The second-order valence-corrected chi connectivity index (χ2v) is 7.82. The lowest BCUT2D eigenvalue weighted by Gasteiger charge is -2.30. The highest BCUT2D eigenvalue weighted by Gasteiger charge is 2.30. The number of hydrogen-bond acceptors (Lipinski definition) is 4. The minimum atomic E-state index is -3.54. The maximum atomic E-state index is 12.7. The van der Waals surface area contributed by atoms with Crippen molar-refractivity contribution in [2.45, 2.75) is 18.1 Å². The fraction of sp³-hybridized carbons (Fsp3) is 0.375. The van der Waals surface area contributed by atoms with Gasteiger partial charge in [-0.25, -0.2) is 18.5 Å². The molecule has 2 N–H and O–H groups in total. The van der Waals surface area contributed by atoms with Gasteiger partial charge in [-0.05, 0) is 12.8 Å². The Balaban J connectivity index is 1.77. The van der Waals surface area contributed by atoms with Gasteiger partial charge in [-0.2, -0.15) is 0 Å². The van der Waals surface area contributed by atoms with Crippen LogP contribution in [0, 0.1) is 0 Å². The molecule has 0 saturated carbocycles. The van der Waals surface area contributed by atoms with Crippen LogP contribution in [0.15, 0.2) is 36.5 Å². The molecule has 1 amide bonds. The molecular formula is C16H20N4O3S. The molecule has 1 aliphatic heterocycles. The van der Waals surface area contributed by atoms with E-state index in [1.165, 1.54) is 0 Å². The van der Waals surface area contributed by atoms with Gasteiger partial charge in [0.25, 0.3) is 5.91 Å². The molecule has 0 unspecified atom stereocenters. The fourth-order valence-electron chi connectivity index (χ4n) is 3.01. The zero-order valence-electron chi connectivity index (χ0n) is 13.4. The molecule has 0 aliphatic carbocycles. The molecule has 3 rings (SSSR count). The van der Waals surface area contributed by atoms with Gasteiger partial charge in [-0.15, -0.1) is 0 Å². The van der Waals surface area contributed by atoms with Gasteiger partial charge in [-0.1, -0.05) is 30.3 Å². The van der Waals surface area contributed by atoms with Crippen LogP contribution in [0.1, 0.15) is 23.3 Å². The first kappa shape index (κ1) is 16.7. The van der Waals surface area contributed by atoms with Gasteiger partial charge < -0.3 is 9.47 Å². The van der Waals surface area contributed by atoms with Crippen molar-refractivity contribution in [3.63, 3.8) is 0 Å². The van der Waals surface area contributed by atoms with Gasteiger partial charge in [0.2, 0.25) is 10.0 Å². The summed E-state index contributed by atoms with van der Waals surface area (Å²) in [6.07, 6.45) is 2.30. The molecule has 2 aromatic rings. The Morgan fingerprint density at radius 1 is 1.21 bits per heavy atom. The Morgan fingerprint density at radius 2 is 1.83 bits per heavy atom.